The maximum Gasteiger partial charge on any atom is 0.191 e. The first kappa shape index (κ1) is 21.4. The molecule has 0 aliphatic heterocycles. The smallest absolute Gasteiger partial charge is 0.191 e. The van der Waals surface area contributed by atoms with Gasteiger partial charge in [0, 0.05) is 30.4 Å². The second kappa shape index (κ2) is 11.1. The van der Waals surface area contributed by atoms with Crippen LogP contribution < -0.4 is 10.6 Å². The van der Waals surface area contributed by atoms with Gasteiger partial charge in [-0.2, -0.15) is 0 Å². The second-order valence-corrected chi connectivity index (χ2v) is 7.13. The van der Waals surface area contributed by atoms with Crippen molar-refractivity contribution in [3.63, 3.8) is 0 Å². The maximum atomic E-state index is 4.70. The number of aromatic nitrogens is 2. The molecule has 1 aromatic carbocycles. The highest BCUT2D eigenvalue weighted by molar-refractivity contribution is 14.0. The van der Waals surface area contributed by atoms with Crippen molar-refractivity contribution in [3.05, 3.63) is 76.0 Å². The van der Waals surface area contributed by atoms with E-state index in [-0.39, 0.29) is 24.0 Å². The Hall–Kier alpha value is -1.87. The van der Waals surface area contributed by atoms with E-state index in [1.54, 1.807) is 17.5 Å². The Morgan fingerprint density at radius 3 is 2.56 bits per heavy atom. The number of aryl methyl sites for hydroxylation is 1. The minimum Gasteiger partial charge on any atom is -0.357 e. The van der Waals surface area contributed by atoms with E-state index in [9.17, 15) is 0 Å². The number of nitrogens with one attached hydrogen (secondary N) is 2. The standard InChI is InChI=1S/C20H25N5S.HI/c1-3-22-20(24-13-19-16(2)8-11-26-19)23-12-17-4-6-18(7-5-17)14-25-10-9-21-15-25;/h4-11,15H,3,12-14H2,1-2H3,(H2,22,23,24);1H. The summed E-state index contributed by atoms with van der Waals surface area (Å²) < 4.78 is 2.06. The molecule has 0 spiro atoms. The summed E-state index contributed by atoms with van der Waals surface area (Å²) in [5.74, 6) is 0.850. The predicted molar refractivity (Wildman–Crippen MR) is 124 cm³/mol. The first-order chi connectivity index (χ1) is 12.7. The van der Waals surface area contributed by atoms with Crippen LogP contribution in [0.25, 0.3) is 0 Å². The Balaban J connectivity index is 0.00000261. The molecule has 0 radical (unpaired) electrons. The molecule has 0 amide bonds. The number of aliphatic imine (C=N–C) groups is 1. The Labute approximate surface area is 182 Å². The SMILES string of the molecule is CCNC(=NCc1ccc(Cn2ccnc2)cc1)NCc1sccc1C.I. The van der Waals surface area contributed by atoms with Crippen molar-refractivity contribution < 1.29 is 0 Å². The van der Waals surface area contributed by atoms with Crippen LogP contribution in [-0.4, -0.2) is 22.1 Å². The molecule has 27 heavy (non-hydrogen) atoms. The number of nitrogens with zero attached hydrogens (tertiary/aromatic N) is 3. The molecule has 3 aromatic rings. The van der Waals surface area contributed by atoms with Crippen LogP contribution in [0, 0.1) is 6.92 Å². The summed E-state index contributed by atoms with van der Waals surface area (Å²) in [6, 6.07) is 10.7. The molecule has 144 valence electrons. The zero-order chi connectivity index (χ0) is 18.2. The molecule has 3 rings (SSSR count). The number of halogens is 1. The average Bonchev–Trinajstić information content (AvgIpc) is 3.30. The third kappa shape index (κ3) is 6.66. The van der Waals surface area contributed by atoms with Crippen molar-refractivity contribution in [3.8, 4) is 0 Å². The number of rotatable bonds is 7. The van der Waals surface area contributed by atoms with Crippen LogP contribution >= 0.6 is 35.3 Å². The van der Waals surface area contributed by atoms with Crippen LogP contribution in [0.3, 0.4) is 0 Å². The quantitative estimate of drug-likeness (QED) is 0.294. The molecular formula is C20H26IN5S. The maximum absolute atomic E-state index is 4.70. The molecular weight excluding hydrogens is 469 g/mol. The largest absolute Gasteiger partial charge is 0.357 e. The third-order valence-corrected chi connectivity index (χ3v) is 5.12. The molecule has 0 aliphatic rings. The van der Waals surface area contributed by atoms with Gasteiger partial charge in [0.15, 0.2) is 5.96 Å². The van der Waals surface area contributed by atoms with Gasteiger partial charge >= 0.3 is 0 Å². The van der Waals surface area contributed by atoms with E-state index in [4.69, 9.17) is 4.99 Å². The number of hydrogen-bond donors (Lipinski definition) is 2. The van der Waals surface area contributed by atoms with Crippen LogP contribution in [0.2, 0.25) is 0 Å². The fourth-order valence-electron chi connectivity index (χ4n) is 2.60. The lowest BCUT2D eigenvalue weighted by molar-refractivity contribution is 0.796. The van der Waals surface area contributed by atoms with E-state index in [1.165, 1.54) is 21.6 Å². The Kier molecular flexibility index (Phi) is 8.80. The van der Waals surface area contributed by atoms with Crippen LogP contribution in [0.15, 0.2) is 59.4 Å². The monoisotopic (exact) mass is 495 g/mol. The highest BCUT2D eigenvalue weighted by atomic mass is 127. The van der Waals surface area contributed by atoms with Gasteiger partial charge in [-0.05, 0) is 42.0 Å². The highest BCUT2D eigenvalue weighted by Crippen LogP contribution is 2.14. The van der Waals surface area contributed by atoms with E-state index < -0.39 is 0 Å². The third-order valence-electron chi connectivity index (χ3n) is 4.10. The molecule has 2 aromatic heterocycles. The van der Waals surface area contributed by atoms with Crippen molar-refractivity contribution in [1.29, 1.82) is 0 Å². The number of benzene rings is 1. The van der Waals surface area contributed by atoms with Crippen molar-refractivity contribution >= 4 is 41.3 Å². The van der Waals surface area contributed by atoms with E-state index in [0.29, 0.717) is 6.54 Å². The first-order valence-corrected chi connectivity index (χ1v) is 9.71. The van der Waals surface area contributed by atoms with Gasteiger partial charge in [-0.1, -0.05) is 24.3 Å². The van der Waals surface area contributed by atoms with Gasteiger partial charge < -0.3 is 15.2 Å². The highest BCUT2D eigenvalue weighted by Gasteiger charge is 2.02. The van der Waals surface area contributed by atoms with Gasteiger partial charge in [-0.3, -0.25) is 0 Å². The van der Waals surface area contributed by atoms with Crippen LogP contribution in [-0.2, 0) is 19.6 Å². The van der Waals surface area contributed by atoms with E-state index in [2.05, 4.69) is 69.7 Å². The molecule has 0 bridgehead atoms. The normalized spacial score (nSPS) is 11.1. The van der Waals surface area contributed by atoms with Crippen LogP contribution in [0.5, 0.6) is 0 Å². The average molecular weight is 495 g/mol. The van der Waals surface area contributed by atoms with Crippen molar-refractivity contribution in [1.82, 2.24) is 20.2 Å². The molecule has 0 atom stereocenters. The fraction of sp³-hybridized carbons (Fsp3) is 0.300. The summed E-state index contributed by atoms with van der Waals surface area (Å²) >= 11 is 1.78. The summed E-state index contributed by atoms with van der Waals surface area (Å²) in [6.07, 6.45) is 5.61. The number of thiophene rings is 1. The first-order valence-electron chi connectivity index (χ1n) is 8.83. The van der Waals surface area contributed by atoms with E-state index >= 15 is 0 Å². The predicted octanol–water partition coefficient (Wildman–Crippen LogP) is 4.17. The fourth-order valence-corrected chi connectivity index (χ4v) is 3.45. The van der Waals surface area contributed by atoms with E-state index in [0.717, 1.165) is 25.6 Å². The summed E-state index contributed by atoms with van der Waals surface area (Å²) in [7, 11) is 0. The lowest BCUT2D eigenvalue weighted by Gasteiger charge is -2.11. The summed E-state index contributed by atoms with van der Waals surface area (Å²) in [5.41, 5.74) is 3.78. The van der Waals surface area contributed by atoms with Gasteiger partial charge in [0.05, 0.1) is 19.4 Å². The van der Waals surface area contributed by atoms with Gasteiger partial charge in [0.2, 0.25) is 0 Å². The van der Waals surface area contributed by atoms with Crippen molar-refractivity contribution in [2.24, 2.45) is 4.99 Å². The van der Waals surface area contributed by atoms with E-state index in [1.807, 2.05) is 12.5 Å². The number of guanidine groups is 1. The summed E-state index contributed by atoms with van der Waals surface area (Å²) in [6.45, 7) is 7.37. The van der Waals surface area contributed by atoms with Gasteiger partial charge in [-0.15, -0.1) is 35.3 Å². The van der Waals surface area contributed by atoms with Crippen LogP contribution in [0.4, 0.5) is 0 Å². The molecule has 2 N–H and O–H groups in total. The van der Waals surface area contributed by atoms with Gasteiger partial charge in [-0.25, -0.2) is 9.98 Å². The second-order valence-electron chi connectivity index (χ2n) is 6.13. The van der Waals surface area contributed by atoms with Gasteiger partial charge in [0.1, 0.15) is 0 Å². The Morgan fingerprint density at radius 1 is 1.15 bits per heavy atom. The minimum absolute atomic E-state index is 0. The van der Waals surface area contributed by atoms with Crippen LogP contribution in [0.1, 0.15) is 28.5 Å². The molecule has 0 unspecified atom stereocenters. The Bertz CT molecular complexity index is 824. The van der Waals surface area contributed by atoms with Gasteiger partial charge in [0.25, 0.3) is 0 Å². The zero-order valence-electron chi connectivity index (χ0n) is 15.7. The molecule has 0 saturated carbocycles. The topological polar surface area (TPSA) is 54.2 Å². The van der Waals surface area contributed by atoms with Crippen molar-refractivity contribution in [2.45, 2.75) is 33.5 Å². The molecule has 5 nitrogen and oxygen atoms in total. The lowest BCUT2D eigenvalue weighted by atomic mass is 10.1. The molecule has 0 saturated heterocycles. The lowest BCUT2D eigenvalue weighted by Crippen LogP contribution is -2.36. The van der Waals surface area contributed by atoms with Crippen molar-refractivity contribution in [2.75, 3.05) is 6.54 Å². The summed E-state index contributed by atoms with van der Waals surface area (Å²) in [4.78, 5) is 10.1. The number of hydrogen-bond acceptors (Lipinski definition) is 3. The summed E-state index contributed by atoms with van der Waals surface area (Å²) in [5, 5.41) is 8.85. The molecule has 0 fully saturated rings. The minimum atomic E-state index is 0. The number of imidazole rings is 1. The Morgan fingerprint density at radius 2 is 1.93 bits per heavy atom. The molecule has 2 heterocycles. The molecule has 7 heteroatoms. The molecule has 0 aliphatic carbocycles. The zero-order valence-corrected chi connectivity index (χ0v) is 18.8.